The van der Waals surface area contributed by atoms with Gasteiger partial charge in [0, 0.05) is 18.6 Å². The molecule has 0 saturated carbocycles. The van der Waals surface area contributed by atoms with Gasteiger partial charge in [0.05, 0.1) is 11.7 Å². The summed E-state index contributed by atoms with van der Waals surface area (Å²) in [6, 6.07) is 10.6. The van der Waals surface area contributed by atoms with Crippen molar-refractivity contribution in [2.75, 3.05) is 0 Å². The van der Waals surface area contributed by atoms with Crippen LogP contribution in [0.3, 0.4) is 0 Å². The number of para-hydroxylation sites is 1. The van der Waals surface area contributed by atoms with E-state index >= 15 is 0 Å². The van der Waals surface area contributed by atoms with Crippen LogP contribution < -0.4 is 10.3 Å². The smallest absolute Gasteiger partial charge is 0.274 e. The van der Waals surface area contributed by atoms with Gasteiger partial charge >= 0.3 is 0 Å². The molecule has 1 aromatic carbocycles. The lowest BCUT2D eigenvalue weighted by atomic mass is 10.2. The van der Waals surface area contributed by atoms with Gasteiger partial charge in [0.25, 0.3) is 15.9 Å². The highest BCUT2D eigenvalue weighted by Crippen LogP contribution is 2.11. The second kappa shape index (κ2) is 5.78. The van der Waals surface area contributed by atoms with E-state index in [1.165, 1.54) is 23.1 Å². The SMILES string of the molecule is Cn1cc(S(=O)(=O)NNC(=O)c2ccc3ccccc3n2)cn1. The Hall–Kier alpha value is -2.78. The first-order valence-corrected chi connectivity index (χ1v) is 8.11. The molecule has 23 heavy (non-hydrogen) atoms. The molecule has 0 bridgehead atoms. The zero-order valence-electron chi connectivity index (χ0n) is 12.1. The number of pyridine rings is 1. The van der Waals surface area contributed by atoms with E-state index in [1.807, 2.05) is 23.0 Å². The fourth-order valence-electron chi connectivity index (χ4n) is 1.97. The normalized spacial score (nSPS) is 11.5. The summed E-state index contributed by atoms with van der Waals surface area (Å²) in [5, 5.41) is 4.66. The van der Waals surface area contributed by atoms with E-state index in [2.05, 4.69) is 15.5 Å². The molecule has 2 N–H and O–H groups in total. The van der Waals surface area contributed by atoms with Crippen molar-refractivity contribution in [1.29, 1.82) is 0 Å². The van der Waals surface area contributed by atoms with Gasteiger partial charge in [0.1, 0.15) is 10.6 Å². The number of rotatable bonds is 4. The van der Waals surface area contributed by atoms with Crippen molar-refractivity contribution < 1.29 is 13.2 Å². The Labute approximate surface area is 132 Å². The van der Waals surface area contributed by atoms with E-state index in [0.717, 1.165) is 5.39 Å². The molecular formula is C14H13N5O3S. The van der Waals surface area contributed by atoms with Crippen LogP contribution in [0, 0.1) is 0 Å². The summed E-state index contributed by atoms with van der Waals surface area (Å²) in [6.07, 6.45) is 2.51. The van der Waals surface area contributed by atoms with Gasteiger partial charge in [-0.25, -0.2) is 13.4 Å². The molecule has 0 spiro atoms. The molecule has 8 nitrogen and oxygen atoms in total. The van der Waals surface area contributed by atoms with Gasteiger partial charge in [0.15, 0.2) is 0 Å². The number of hydrogen-bond acceptors (Lipinski definition) is 5. The third-order valence-corrected chi connectivity index (χ3v) is 4.32. The summed E-state index contributed by atoms with van der Waals surface area (Å²) in [5.74, 6) is -0.650. The van der Waals surface area contributed by atoms with E-state index in [4.69, 9.17) is 0 Å². The van der Waals surface area contributed by atoms with E-state index in [1.54, 1.807) is 19.2 Å². The molecule has 0 saturated heterocycles. The largest absolute Gasteiger partial charge is 0.284 e. The number of carbonyl (C=O) groups is 1. The first-order chi connectivity index (χ1) is 11.0. The highest BCUT2D eigenvalue weighted by molar-refractivity contribution is 7.89. The Morgan fingerprint density at radius 3 is 2.70 bits per heavy atom. The van der Waals surface area contributed by atoms with Crippen molar-refractivity contribution in [3.63, 3.8) is 0 Å². The van der Waals surface area contributed by atoms with Crippen molar-refractivity contribution >= 4 is 26.8 Å². The number of aromatic nitrogens is 3. The maximum absolute atomic E-state index is 12.1. The molecule has 9 heteroatoms. The number of hydrazine groups is 1. The number of benzene rings is 1. The van der Waals surface area contributed by atoms with Gasteiger partial charge in [0.2, 0.25) is 0 Å². The Balaban J connectivity index is 1.75. The highest BCUT2D eigenvalue weighted by atomic mass is 32.2. The van der Waals surface area contributed by atoms with Crippen LogP contribution in [0.1, 0.15) is 10.5 Å². The molecule has 0 unspecified atom stereocenters. The average molecular weight is 331 g/mol. The first kappa shape index (κ1) is 15.1. The summed E-state index contributed by atoms with van der Waals surface area (Å²) in [5.41, 5.74) is 2.89. The lowest BCUT2D eigenvalue weighted by Gasteiger charge is -2.07. The molecule has 1 amide bonds. The van der Waals surface area contributed by atoms with Gasteiger partial charge in [-0.05, 0) is 12.1 Å². The number of amides is 1. The summed E-state index contributed by atoms with van der Waals surface area (Å²) < 4.78 is 25.3. The maximum Gasteiger partial charge on any atom is 0.284 e. The van der Waals surface area contributed by atoms with E-state index in [9.17, 15) is 13.2 Å². The third kappa shape index (κ3) is 3.20. The molecule has 0 aliphatic rings. The molecule has 3 aromatic rings. The first-order valence-electron chi connectivity index (χ1n) is 6.62. The van der Waals surface area contributed by atoms with Crippen LogP contribution in [0.5, 0.6) is 0 Å². The number of fused-ring (bicyclic) bond motifs is 1. The minimum Gasteiger partial charge on any atom is -0.274 e. The topological polar surface area (TPSA) is 106 Å². The van der Waals surface area contributed by atoms with Crippen LogP contribution in [0.4, 0.5) is 0 Å². The number of hydrogen-bond donors (Lipinski definition) is 2. The predicted octanol–water partition coefficient (Wildman–Crippen LogP) is 0.592. The van der Waals surface area contributed by atoms with Crippen LogP contribution in [-0.4, -0.2) is 29.1 Å². The number of nitrogens with zero attached hydrogens (tertiary/aromatic N) is 3. The molecular weight excluding hydrogens is 318 g/mol. The van der Waals surface area contributed by atoms with Crippen molar-refractivity contribution in [1.82, 2.24) is 25.0 Å². The van der Waals surface area contributed by atoms with Crippen molar-refractivity contribution in [2.45, 2.75) is 4.90 Å². The minimum atomic E-state index is -3.88. The molecule has 0 fully saturated rings. The van der Waals surface area contributed by atoms with Gasteiger partial charge in [-0.15, -0.1) is 4.83 Å². The monoisotopic (exact) mass is 331 g/mol. The van der Waals surface area contributed by atoms with Gasteiger partial charge in [-0.3, -0.25) is 14.9 Å². The van der Waals surface area contributed by atoms with Crippen LogP contribution >= 0.6 is 0 Å². The summed E-state index contributed by atoms with van der Waals surface area (Å²) in [7, 11) is -2.28. The number of aryl methyl sites for hydroxylation is 1. The average Bonchev–Trinajstić information content (AvgIpc) is 2.99. The molecule has 0 atom stereocenters. The van der Waals surface area contributed by atoms with Crippen LogP contribution in [0.15, 0.2) is 53.7 Å². The van der Waals surface area contributed by atoms with Crippen LogP contribution in [0.2, 0.25) is 0 Å². The standard InChI is InChI=1S/C14H13N5O3S/c1-19-9-11(8-15-19)23(21,22)18-17-14(20)13-7-6-10-4-2-3-5-12(10)16-13/h2-9,18H,1H3,(H,17,20). The quantitative estimate of drug-likeness (QED) is 0.681. The molecule has 3 rings (SSSR count). The van der Waals surface area contributed by atoms with Gasteiger partial charge < -0.3 is 0 Å². The fraction of sp³-hybridized carbons (Fsp3) is 0.0714. The summed E-state index contributed by atoms with van der Waals surface area (Å²) in [6.45, 7) is 0. The summed E-state index contributed by atoms with van der Waals surface area (Å²) in [4.78, 5) is 18.2. The third-order valence-electron chi connectivity index (χ3n) is 3.12. The predicted molar refractivity (Wildman–Crippen MR) is 82.7 cm³/mol. The van der Waals surface area contributed by atoms with Crippen LogP contribution in [0.25, 0.3) is 10.9 Å². The van der Waals surface area contributed by atoms with E-state index in [-0.39, 0.29) is 10.6 Å². The van der Waals surface area contributed by atoms with Crippen LogP contribution in [-0.2, 0) is 17.1 Å². The van der Waals surface area contributed by atoms with E-state index < -0.39 is 15.9 Å². The molecule has 0 aliphatic heterocycles. The van der Waals surface area contributed by atoms with Gasteiger partial charge in [-0.1, -0.05) is 24.3 Å². The molecule has 2 heterocycles. The Morgan fingerprint density at radius 1 is 1.17 bits per heavy atom. The maximum atomic E-state index is 12.1. The Bertz CT molecular complexity index is 981. The fourth-order valence-corrected chi connectivity index (χ4v) is 2.79. The lowest BCUT2D eigenvalue weighted by Crippen LogP contribution is -2.41. The number of nitrogens with one attached hydrogen (secondary N) is 2. The number of sulfonamides is 1. The molecule has 118 valence electrons. The minimum absolute atomic E-state index is 0.0493. The molecule has 2 aromatic heterocycles. The Morgan fingerprint density at radius 2 is 1.96 bits per heavy atom. The number of carbonyl (C=O) groups excluding carboxylic acids is 1. The van der Waals surface area contributed by atoms with Crippen molar-refractivity contribution in [3.8, 4) is 0 Å². The second-order valence-corrected chi connectivity index (χ2v) is 6.48. The zero-order chi connectivity index (χ0) is 16.4. The summed E-state index contributed by atoms with van der Waals surface area (Å²) >= 11 is 0. The van der Waals surface area contributed by atoms with E-state index in [0.29, 0.717) is 5.52 Å². The molecule has 0 radical (unpaired) electrons. The van der Waals surface area contributed by atoms with Crippen molar-refractivity contribution in [2.24, 2.45) is 7.05 Å². The molecule has 0 aliphatic carbocycles. The van der Waals surface area contributed by atoms with Gasteiger partial charge in [-0.2, -0.15) is 5.10 Å². The zero-order valence-corrected chi connectivity index (χ0v) is 12.9. The highest BCUT2D eigenvalue weighted by Gasteiger charge is 2.18. The van der Waals surface area contributed by atoms with Crippen molar-refractivity contribution in [3.05, 3.63) is 54.5 Å². The Kier molecular flexibility index (Phi) is 3.80. The second-order valence-electron chi connectivity index (χ2n) is 4.80. The lowest BCUT2D eigenvalue weighted by molar-refractivity contribution is 0.0940.